The van der Waals surface area contributed by atoms with Crippen molar-refractivity contribution < 1.29 is 9.90 Å². The third-order valence-electron chi connectivity index (χ3n) is 1.47. The van der Waals surface area contributed by atoms with E-state index in [9.17, 15) is 4.79 Å². The molecule has 1 unspecified atom stereocenters. The van der Waals surface area contributed by atoms with Crippen molar-refractivity contribution in [3.05, 3.63) is 29.3 Å². The summed E-state index contributed by atoms with van der Waals surface area (Å²) in [5.41, 5.74) is 0.445. The molecule has 0 aliphatic rings. The minimum atomic E-state index is -1.47. The highest BCUT2D eigenvalue weighted by molar-refractivity contribution is 6.30. The van der Waals surface area contributed by atoms with E-state index < -0.39 is 12.0 Å². The SMILES string of the molecule is N#CC(N=Nc1ccc(Cl)cc1)C(=O)O. The van der Waals surface area contributed by atoms with Gasteiger partial charge < -0.3 is 5.11 Å². The minimum absolute atomic E-state index is 0.445. The van der Waals surface area contributed by atoms with Crippen molar-refractivity contribution in [1.82, 2.24) is 0 Å². The molecule has 0 aliphatic carbocycles. The van der Waals surface area contributed by atoms with E-state index in [4.69, 9.17) is 22.0 Å². The van der Waals surface area contributed by atoms with Gasteiger partial charge in [0.25, 0.3) is 6.04 Å². The number of hydrogen-bond donors (Lipinski definition) is 1. The molecule has 1 rings (SSSR count). The predicted molar refractivity (Wildman–Crippen MR) is 53.0 cm³/mol. The second kappa shape index (κ2) is 5.08. The quantitative estimate of drug-likeness (QED) is 0.799. The van der Waals surface area contributed by atoms with Gasteiger partial charge in [-0.1, -0.05) is 11.6 Å². The first-order valence-electron chi connectivity index (χ1n) is 3.92. The van der Waals surface area contributed by atoms with Gasteiger partial charge in [0.15, 0.2) is 0 Å². The second-order valence-corrected chi connectivity index (χ2v) is 3.00. The van der Waals surface area contributed by atoms with Crippen molar-refractivity contribution in [2.45, 2.75) is 6.04 Å². The maximum absolute atomic E-state index is 10.4. The summed E-state index contributed by atoms with van der Waals surface area (Å²) in [4.78, 5) is 10.4. The molecule has 0 bridgehead atoms. The monoisotopic (exact) mass is 223 g/mol. The summed E-state index contributed by atoms with van der Waals surface area (Å²) in [7, 11) is 0. The highest BCUT2D eigenvalue weighted by Crippen LogP contribution is 2.16. The van der Waals surface area contributed by atoms with E-state index in [2.05, 4.69) is 10.2 Å². The summed E-state index contributed by atoms with van der Waals surface area (Å²) in [5, 5.41) is 24.4. The standard InChI is InChI=1S/C9H6ClN3O2/c10-6-1-3-7(4-2-6)12-13-8(5-11)9(14)15/h1-4,8H,(H,14,15). The first kappa shape index (κ1) is 11.1. The second-order valence-electron chi connectivity index (χ2n) is 2.56. The molecular formula is C9H6ClN3O2. The summed E-state index contributed by atoms with van der Waals surface area (Å²) < 4.78 is 0. The topological polar surface area (TPSA) is 85.8 Å². The number of nitrogens with zero attached hydrogens (tertiary/aromatic N) is 3. The zero-order valence-corrected chi connectivity index (χ0v) is 8.22. The maximum Gasteiger partial charge on any atom is 0.345 e. The molecule has 76 valence electrons. The van der Waals surface area contributed by atoms with Crippen LogP contribution in [-0.4, -0.2) is 17.1 Å². The van der Waals surface area contributed by atoms with Crippen LogP contribution in [0.5, 0.6) is 0 Å². The van der Waals surface area contributed by atoms with Gasteiger partial charge in [-0.15, -0.1) is 0 Å². The highest BCUT2D eigenvalue weighted by Gasteiger charge is 2.14. The lowest BCUT2D eigenvalue weighted by atomic mass is 10.3. The molecule has 0 fully saturated rings. The molecule has 5 nitrogen and oxygen atoms in total. The van der Waals surface area contributed by atoms with Crippen LogP contribution < -0.4 is 0 Å². The van der Waals surface area contributed by atoms with E-state index >= 15 is 0 Å². The Morgan fingerprint density at radius 3 is 2.53 bits per heavy atom. The molecule has 0 amide bonds. The molecule has 1 atom stereocenters. The molecule has 0 saturated heterocycles. The zero-order valence-electron chi connectivity index (χ0n) is 7.46. The Balaban J connectivity index is 2.77. The van der Waals surface area contributed by atoms with Crippen LogP contribution in [0.15, 0.2) is 34.5 Å². The summed E-state index contributed by atoms with van der Waals surface area (Å²) in [6, 6.07) is 6.36. The third kappa shape index (κ3) is 3.37. The molecule has 0 heterocycles. The molecule has 1 N–H and O–H groups in total. The number of benzene rings is 1. The van der Waals surface area contributed by atoms with Gasteiger partial charge in [0.2, 0.25) is 0 Å². The average molecular weight is 224 g/mol. The fourth-order valence-corrected chi connectivity index (χ4v) is 0.889. The number of aliphatic carboxylic acids is 1. The van der Waals surface area contributed by atoms with Crippen LogP contribution in [0.4, 0.5) is 5.69 Å². The Bertz CT molecular complexity index is 422. The summed E-state index contributed by atoms with van der Waals surface area (Å²) >= 11 is 5.63. The van der Waals surface area contributed by atoms with Crippen LogP contribution in [0, 0.1) is 11.3 Å². The number of nitriles is 1. The van der Waals surface area contributed by atoms with E-state index in [1.54, 1.807) is 24.3 Å². The molecule has 15 heavy (non-hydrogen) atoms. The molecule has 1 aromatic rings. The Labute approximate surface area is 90.6 Å². The van der Waals surface area contributed by atoms with E-state index in [-0.39, 0.29) is 0 Å². The molecular weight excluding hydrogens is 218 g/mol. The summed E-state index contributed by atoms with van der Waals surface area (Å²) in [6.07, 6.45) is 0. The van der Waals surface area contributed by atoms with Crippen molar-refractivity contribution in [2.75, 3.05) is 0 Å². The van der Waals surface area contributed by atoms with Gasteiger partial charge in [-0.25, -0.2) is 4.79 Å². The fraction of sp³-hybridized carbons (Fsp3) is 0.111. The van der Waals surface area contributed by atoms with Crippen LogP contribution in [0.3, 0.4) is 0 Å². The van der Waals surface area contributed by atoms with Crippen LogP contribution in [-0.2, 0) is 4.79 Å². The largest absolute Gasteiger partial charge is 0.479 e. The van der Waals surface area contributed by atoms with Gasteiger partial charge in [-0.2, -0.15) is 15.5 Å². The van der Waals surface area contributed by atoms with Crippen molar-refractivity contribution >= 4 is 23.3 Å². The number of carbonyl (C=O) groups is 1. The normalized spacial score (nSPS) is 12.3. The summed E-state index contributed by atoms with van der Waals surface area (Å²) in [6.45, 7) is 0. The molecule has 1 aromatic carbocycles. The van der Waals surface area contributed by atoms with Crippen LogP contribution >= 0.6 is 11.6 Å². The smallest absolute Gasteiger partial charge is 0.345 e. The molecule has 0 radical (unpaired) electrons. The zero-order chi connectivity index (χ0) is 11.3. The Morgan fingerprint density at radius 2 is 2.07 bits per heavy atom. The van der Waals surface area contributed by atoms with E-state index in [0.717, 1.165) is 0 Å². The van der Waals surface area contributed by atoms with E-state index in [1.165, 1.54) is 6.07 Å². The predicted octanol–water partition coefficient (Wildman–Crippen LogP) is 2.40. The van der Waals surface area contributed by atoms with Crippen LogP contribution in [0.1, 0.15) is 0 Å². The van der Waals surface area contributed by atoms with Crippen LogP contribution in [0.25, 0.3) is 0 Å². The number of hydrogen-bond acceptors (Lipinski definition) is 4. The minimum Gasteiger partial charge on any atom is -0.479 e. The summed E-state index contributed by atoms with van der Waals surface area (Å²) in [5.74, 6) is -1.32. The Hall–Kier alpha value is -1.93. The molecule has 0 saturated carbocycles. The molecule has 0 aromatic heterocycles. The number of carboxylic acid groups (broad SMARTS) is 1. The third-order valence-corrected chi connectivity index (χ3v) is 1.72. The molecule has 0 aliphatic heterocycles. The van der Waals surface area contributed by atoms with Gasteiger partial charge in [-0.05, 0) is 24.3 Å². The first-order valence-corrected chi connectivity index (χ1v) is 4.30. The maximum atomic E-state index is 10.4. The lowest BCUT2D eigenvalue weighted by Crippen LogP contribution is -2.14. The van der Waals surface area contributed by atoms with Crippen molar-refractivity contribution in [1.29, 1.82) is 5.26 Å². The van der Waals surface area contributed by atoms with Gasteiger partial charge >= 0.3 is 5.97 Å². The number of azo groups is 1. The number of halogens is 1. The van der Waals surface area contributed by atoms with Crippen molar-refractivity contribution in [2.24, 2.45) is 10.2 Å². The lowest BCUT2D eigenvalue weighted by Gasteiger charge is -1.94. The van der Waals surface area contributed by atoms with E-state index in [0.29, 0.717) is 10.7 Å². The Kier molecular flexibility index (Phi) is 3.77. The number of rotatable bonds is 3. The van der Waals surface area contributed by atoms with Gasteiger partial charge in [0.1, 0.15) is 6.07 Å². The lowest BCUT2D eigenvalue weighted by molar-refractivity contribution is -0.137. The number of carboxylic acids is 1. The average Bonchev–Trinajstić information content (AvgIpc) is 2.21. The van der Waals surface area contributed by atoms with Crippen LogP contribution in [0.2, 0.25) is 5.02 Å². The first-order chi connectivity index (χ1) is 7.13. The van der Waals surface area contributed by atoms with E-state index in [1.807, 2.05) is 0 Å². The van der Waals surface area contributed by atoms with Gasteiger partial charge in [0.05, 0.1) is 5.69 Å². The molecule has 6 heteroatoms. The highest BCUT2D eigenvalue weighted by atomic mass is 35.5. The Morgan fingerprint density at radius 1 is 1.47 bits per heavy atom. The fourth-order valence-electron chi connectivity index (χ4n) is 0.763. The molecule has 0 spiro atoms. The van der Waals surface area contributed by atoms with Gasteiger partial charge in [0, 0.05) is 5.02 Å². The van der Waals surface area contributed by atoms with Crippen molar-refractivity contribution in [3.8, 4) is 6.07 Å². The van der Waals surface area contributed by atoms with Crippen molar-refractivity contribution in [3.63, 3.8) is 0 Å². The van der Waals surface area contributed by atoms with Gasteiger partial charge in [-0.3, -0.25) is 0 Å².